The van der Waals surface area contributed by atoms with Gasteiger partial charge in [-0.25, -0.2) is 4.39 Å². The molecule has 41 heavy (non-hydrogen) atoms. The van der Waals surface area contributed by atoms with Crippen molar-refractivity contribution in [1.29, 1.82) is 0 Å². The molecule has 0 amide bonds. The first-order chi connectivity index (χ1) is 19.7. The van der Waals surface area contributed by atoms with E-state index in [0.717, 1.165) is 36.5 Å². The van der Waals surface area contributed by atoms with Crippen LogP contribution in [0.4, 0.5) is 23.2 Å². The molecule has 5 aromatic rings. The normalized spacial score (nSPS) is 14.0. The van der Waals surface area contributed by atoms with Crippen molar-refractivity contribution < 1.29 is 36.0 Å². The Hall–Kier alpha value is -4.71. The predicted octanol–water partition coefficient (Wildman–Crippen LogP) is 6.08. The summed E-state index contributed by atoms with van der Waals surface area (Å²) in [5, 5.41) is 4.06. The second kappa shape index (κ2) is 10.7. The third-order valence-corrected chi connectivity index (χ3v) is 6.54. The number of aromatic nitrogens is 2. The Morgan fingerprint density at radius 2 is 1.71 bits per heavy atom. The van der Waals surface area contributed by atoms with Gasteiger partial charge in [-0.2, -0.15) is 18.2 Å². The molecule has 8 nitrogen and oxygen atoms in total. The number of halogens is 4. The van der Waals surface area contributed by atoms with Crippen LogP contribution in [0, 0.1) is 5.82 Å². The summed E-state index contributed by atoms with van der Waals surface area (Å²) in [6, 6.07) is 15.8. The first kappa shape index (κ1) is 26.5. The molecule has 1 fully saturated rings. The highest BCUT2D eigenvalue weighted by molar-refractivity contribution is 5.80. The first-order valence-electron chi connectivity index (χ1n) is 12.6. The van der Waals surface area contributed by atoms with Crippen LogP contribution in [-0.2, 0) is 17.5 Å². The summed E-state index contributed by atoms with van der Waals surface area (Å²) >= 11 is 0. The molecule has 210 valence electrons. The summed E-state index contributed by atoms with van der Waals surface area (Å²) in [5.41, 5.74) is 0.482. The Morgan fingerprint density at radius 3 is 2.46 bits per heavy atom. The molecule has 12 heteroatoms. The van der Waals surface area contributed by atoms with Gasteiger partial charge < -0.3 is 23.3 Å². The van der Waals surface area contributed by atoms with E-state index in [9.17, 15) is 22.4 Å². The van der Waals surface area contributed by atoms with Crippen molar-refractivity contribution in [1.82, 2.24) is 10.1 Å². The van der Waals surface area contributed by atoms with E-state index in [2.05, 4.69) is 15.0 Å². The zero-order valence-electron chi connectivity index (χ0n) is 21.3. The third-order valence-electron chi connectivity index (χ3n) is 6.54. The molecule has 0 radical (unpaired) electrons. The molecule has 3 heterocycles. The quantitative estimate of drug-likeness (QED) is 0.228. The Bertz CT molecular complexity index is 1760. The lowest BCUT2D eigenvalue weighted by Crippen LogP contribution is -2.36. The van der Waals surface area contributed by atoms with E-state index in [1.165, 1.54) is 6.07 Å². The van der Waals surface area contributed by atoms with Gasteiger partial charge in [0, 0.05) is 42.0 Å². The van der Waals surface area contributed by atoms with Gasteiger partial charge in [-0.1, -0.05) is 5.16 Å². The maximum atomic E-state index is 13.8. The standard InChI is InChI=1S/C29H21F4N3O5/c30-20-12-18(11-19(13-20)29(31,32)33)28-34-27(35-41-28)16-39-22-5-6-23-24(37)15-25(40-26(23)14-22)17-1-3-21(4-2-17)36-7-9-38-10-8-36/h1-6,11-15H,7-10,16H2. The number of rotatable bonds is 6. The van der Waals surface area contributed by atoms with Gasteiger partial charge >= 0.3 is 6.18 Å². The maximum absolute atomic E-state index is 13.8. The molecule has 1 aliphatic rings. The van der Waals surface area contributed by atoms with Crippen molar-refractivity contribution in [2.75, 3.05) is 31.2 Å². The molecule has 1 saturated heterocycles. The first-order valence-corrected chi connectivity index (χ1v) is 12.6. The van der Waals surface area contributed by atoms with E-state index >= 15 is 0 Å². The van der Waals surface area contributed by atoms with E-state index in [4.69, 9.17) is 18.4 Å². The molecule has 0 saturated carbocycles. The Balaban J connectivity index is 1.19. The van der Waals surface area contributed by atoms with Gasteiger partial charge in [0.15, 0.2) is 12.0 Å². The van der Waals surface area contributed by atoms with Gasteiger partial charge in [-0.3, -0.25) is 4.79 Å². The minimum absolute atomic E-state index is 0.0217. The Morgan fingerprint density at radius 1 is 0.927 bits per heavy atom. The van der Waals surface area contributed by atoms with Gasteiger partial charge in [-0.05, 0) is 54.6 Å². The monoisotopic (exact) mass is 567 g/mol. The topological polar surface area (TPSA) is 90.8 Å². The highest BCUT2D eigenvalue weighted by atomic mass is 19.4. The van der Waals surface area contributed by atoms with Crippen LogP contribution >= 0.6 is 0 Å². The van der Waals surface area contributed by atoms with Crippen LogP contribution in [-0.4, -0.2) is 36.4 Å². The summed E-state index contributed by atoms with van der Waals surface area (Å²) in [6.45, 7) is 2.76. The van der Waals surface area contributed by atoms with Gasteiger partial charge in [0.25, 0.3) is 5.89 Å². The molecule has 6 rings (SSSR count). The summed E-state index contributed by atoms with van der Waals surface area (Å²) in [7, 11) is 0. The molecule has 0 aliphatic carbocycles. The lowest BCUT2D eigenvalue weighted by Gasteiger charge is -2.28. The molecule has 0 N–H and O–H groups in total. The minimum Gasteiger partial charge on any atom is -0.485 e. The lowest BCUT2D eigenvalue weighted by molar-refractivity contribution is -0.137. The van der Waals surface area contributed by atoms with E-state index in [1.807, 2.05) is 24.3 Å². The average molecular weight is 567 g/mol. The lowest BCUT2D eigenvalue weighted by atomic mass is 10.1. The van der Waals surface area contributed by atoms with Crippen molar-refractivity contribution in [3.05, 3.63) is 94.2 Å². The van der Waals surface area contributed by atoms with Crippen LogP contribution in [0.1, 0.15) is 11.4 Å². The summed E-state index contributed by atoms with van der Waals surface area (Å²) < 4.78 is 75.0. The van der Waals surface area contributed by atoms with Crippen molar-refractivity contribution in [2.45, 2.75) is 12.8 Å². The van der Waals surface area contributed by atoms with Crippen LogP contribution in [0.5, 0.6) is 5.75 Å². The number of morpholine rings is 1. The summed E-state index contributed by atoms with van der Waals surface area (Å²) in [6.07, 6.45) is -4.74. The molecule has 2 aromatic heterocycles. The van der Waals surface area contributed by atoms with E-state index < -0.39 is 17.6 Å². The highest BCUT2D eigenvalue weighted by Crippen LogP contribution is 2.33. The average Bonchev–Trinajstić information content (AvgIpc) is 3.45. The Labute approximate surface area is 229 Å². The number of nitrogens with zero attached hydrogens (tertiary/aromatic N) is 3. The summed E-state index contributed by atoms with van der Waals surface area (Å²) in [5.74, 6) is -0.631. The number of benzene rings is 3. The van der Waals surface area contributed by atoms with E-state index in [0.29, 0.717) is 41.8 Å². The summed E-state index contributed by atoms with van der Waals surface area (Å²) in [4.78, 5) is 19.0. The zero-order valence-corrected chi connectivity index (χ0v) is 21.3. The van der Waals surface area contributed by atoms with Crippen molar-refractivity contribution in [3.63, 3.8) is 0 Å². The smallest absolute Gasteiger partial charge is 0.416 e. The van der Waals surface area contributed by atoms with Crippen molar-refractivity contribution in [2.24, 2.45) is 0 Å². The SMILES string of the molecule is O=c1cc(-c2ccc(N3CCOCC3)cc2)oc2cc(OCc3noc(-c4cc(F)cc(C(F)(F)F)c4)n3)ccc12. The fraction of sp³-hybridized carbons (Fsp3) is 0.207. The Kier molecular flexibility index (Phi) is 6.91. The molecular weight excluding hydrogens is 546 g/mol. The molecular formula is C29H21F4N3O5. The molecule has 3 aromatic carbocycles. The van der Waals surface area contributed by atoms with Crippen molar-refractivity contribution >= 4 is 16.7 Å². The van der Waals surface area contributed by atoms with Gasteiger partial charge in [0.1, 0.15) is 22.9 Å². The van der Waals surface area contributed by atoms with Crippen molar-refractivity contribution in [3.8, 4) is 28.5 Å². The number of hydrogen-bond acceptors (Lipinski definition) is 8. The van der Waals surface area contributed by atoms with Crippen LogP contribution in [0.3, 0.4) is 0 Å². The number of anilines is 1. The van der Waals surface area contributed by atoms with Crippen LogP contribution in [0.2, 0.25) is 0 Å². The van der Waals surface area contributed by atoms with Gasteiger partial charge in [0.05, 0.1) is 24.2 Å². The fourth-order valence-corrected chi connectivity index (χ4v) is 4.48. The van der Waals surface area contributed by atoms with E-state index in [-0.39, 0.29) is 29.3 Å². The highest BCUT2D eigenvalue weighted by Gasteiger charge is 2.32. The fourth-order valence-electron chi connectivity index (χ4n) is 4.48. The van der Waals surface area contributed by atoms with Crippen LogP contribution < -0.4 is 15.1 Å². The molecule has 1 aliphatic heterocycles. The molecule has 0 bridgehead atoms. The predicted molar refractivity (Wildman–Crippen MR) is 140 cm³/mol. The molecule has 0 spiro atoms. The molecule has 0 unspecified atom stereocenters. The maximum Gasteiger partial charge on any atom is 0.416 e. The zero-order chi connectivity index (χ0) is 28.6. The van der Waals surface area contributed by atoms with Gasteiger partial charge in [0.2, 0.25) is 5.82 Å². The second-order valence-electron chi connectivity index (χ2n) is 9.31. The van der Waals surface area contributed by atoms with Crippen LogP contribution in [0.15, 0.2) is 80.5 Å². The number of ether oxygens (including phenoxy) is 2. The van der Waals surface area contributed by atoms with E-state index in [1.54, 1.807) is 18.2 Å². The number of fused-ring (bicyclic) bond motifs is 1. The molecule has 0 atom stereocenters. The third kappa shape index (κ3) is 5.78. The van der Waals surface area contributed by atoms with Crippen LogP contribution in [0.25, 0.3) is 33.7 Å². The number of hydrogen-bond donors (Lipinski definition) is 0. The second-order valence-corrected chi connectivity index (χ2v) is 9.31. The number of alkyl halides is 3. The largest absolute Gasteiger partial charge is 0.485 e. The minimum atomic E-state index is -4.74. The van der Waals surface area contributed by atoms with Gasteiger partial charge in [-0.15, -0.1) is 0 Å².